The fourth-order valence-electron chi connectivity index (χ4n) is 2.03. The molecule has 1 heterocycles. The second-order valence-corrected chi connectivity index (χ2v) is 5.27. The number of nitrogens with two attached hydrogens (primary N) is 1. The molecule has 2 rings (SSSR count). The molecule has 17 heavy (non-hydrogen) atoms. The van der Waals surface area contributed by atoms with Crippen LogP contribution in [0.15, 0.2) is 35.7 Å². The SMILES string of the molecule is Cc1ccccc1CC(NN)c1sccc1C. The molecular formula is C14H18N2S. The monoisotopic (exact) mass is 246 g/mol. The molecule has 0 spiro atoms. The van der Waals surface area contributed by atoms with Crippen LogP contribution in [0.5, 0.6) is 0 Å². The summed E-state index contributed by atoms with van der Waals surface area (Å²) in [5.41, 5.74) is 6.91. The van der Waals surface area contributed by atoms with Crippen LogP contribution in [-0.2, 0) is 6.42 Å². The molecule has 0 saturated heterocycles. The average molecular weight is 246 g/mol. The van der Waals surface area contributed by atoms with Crippen molar-refractivity contribution in [2.75, 3.05) is 0 Å². The van der Waals surface area contributed by atoms with Crippen molar-refractivity contribution in [3.63, 3.8) is 0 Å². The highest BCUT2D eigenvalue weighted by Gasteiger charge is 2.14. The van der Waals surface area contributed by atoms with Gasteiger partial charge in [-0.15, -0.1) is 11.3 Å². The van der Waals surface area contributed by atoms with Gasteiger partial charge >= 0.3 is 0 Å². The molecule has 1 atom stereocenters. The molecule has 0 aliphatic heterocycles. The van der Waals surface area contributed by atoms with Gasteiger partial charge in [0, 0.05) is 4.88 Å². The molecule has 1 aromatic heterocycles. The normalized spacial score (nSPS) is 12.6. The highest BCUT2D eigenvalue weighted by molar-refractivity contribution is 7.10. The minimum Gasteiger partial charge on any atom is -0.271 e. The highest BCUT2D eigenvalue weighted by atomic mass is 32.1. The average Bonchev–Trinajstić information content (AvgIpc) is 2.75. The Hall–Kier alpha value is -1.16. The zero-order valence-electron chi connectivity index (χ0n) is 10.2. The van der Waals surface area contributed by atoms with Crippen LogP contribution >= 0.6 is 11.3 Å². The van der Waals surface area contributed by atoms with Gasteiger partial charge in [-0.3, -0.25) is 11.3 Å². The lowest BCUT2D eigenvalue weighted by Crippen LogP contribution is -2.29. The lowest BCUT2D eigenvalue weighted by molar-refractivity contribution is 0.557. The lowest BCUT2D eigenvalue weighted by atomic mass is 9.99. The summed E-state index contributed by atoms with van der Waals surface area (Å²) in [5.74, 6) is 5.69. The van der Waals surface area contributed by atoms with E-state index in [9.17, 15) is 0 Å². The van der Waals surface area contributed by atoms with Crippen molar-refractivity contribution in [3.05, 3.63) is 57.3 Å². The standard InChI is InChI=1S/C14H18N2S/c1-10-5-3-4-6-12(10)9-13(16-15)14-11(2)7-8-17-14/h3-8,13,16H,9,15H2,1-2H3. The molecule has 0 bridgehead atoms. The van der Waals surface area contributed by atoms with Gasteiger partial charge < -0.3 is 0 Å². The van der Waals surface area contributed by atoms with Gasteiger partial charge in [-0.2, -0.15) is 0 Å². The molecule has 2 aromatic rings. The third-order valence-corrected chi connectivity index (χ3v) is 4.24. The van der Waals surface area contributed by atoms with Crippen LogP contribution in [-0.4, -0.2) is 0 Å². The Morgan fingerprint density at radius 3 is 2.53 bits per heavy atom. The molecule has 0 amide bonds. The van der Waals surface area contributed by atoms with E-state index in [0.717, 1.165) is 6.42 Å². The van der Waals surface area contributed by atoms with Crippen molar-refractivity contribution in [3.8, 4) is 0 Å². The van der Waals surface area contributed by atoms with E-state index in [0.29, 0.717) is 0 Å². The van der Waals surface area contributed by atoms with E-state index in [2.05, 4.69) is 55.0 Å². The maximum atomic E-state index is 5.69. The van der Waals surface area contributed by atoms with Crippen molar-refractivity contribution in [2.45, 2.75) is 26.3 Å². The molecule has 0 saturated carbocycles. The molecule has 3 N–H and O–H groups in total. The predicted molar refractivity (Wildman–Crippen MR) is 74.0 cm³/mol. The molecule has 90 valence electrons. The first-order chi connectivity index (χ1) is 8.22. The Morgan fingerprint density at radius 1 is 1.18 bits per heavy atom. The van der Waals surface area contributed by atoms with Crippen molar-refractivity contribution in [1.29, 1.82) is 0 Å². The Labute approximate surface area is 106 Å². The number of aryl methyl sites for hydroxylation is 2. The second-order valence-electron chi connectivity index (χ2n) is 4.32. The number of hydrogen-bond donors (Lipinski definition) is 2. The van der Waals surface area contributed by atoms with Crippen LogP contribution in [0.25, 0.3) is 0 Å². The molecule has 0 aliphatic rings. The van der Waals surface area contributed by atoms with Gasteiger partial charge in [-0.25, -0.2) is 0 Å². The topological polar surface area (TPSA) is 38.0 Å². The number of thiophene rings is 1. The fourth-order valence-corrected chi connectivity index (χ4v) is 3.02. The number of hydrogen-bond acceptors (Lipinski definition) is 3. The zero-order chi connectivity index (χ0) is 12.3. The van der Waals surface area contributed by atoms with Gasteiger partial charge in [0.05, 0.1) is 6.04 Å². The van der Waals surface area contributed by atoms with Crippen LogP contribution < -0.4 is 11.3 Å². The quantitative estimate of drug-likeness (QED) is 0.642. The summed E-state index contributed by atoms with van der Waals surface area (Å²) < 4.78 is 0. The first-order valence-corrected chi connectivity index (χ1v) is 6.65. The minimum absolute atomic E-state index is 0.205. The van der Waals surface area contributed by atoms with Gasteiger partial charge in [-0.05, 0) is 48.4 Å². The van der Waals surface area contributed by atoms with Gasteiger partial charge in [0.15, 0.2) is 0 Å². The van der Waals surface area contributed by atoms with Crippen LogP contribution in [0, 0.1) is 13.8 Å². The minimum atomic E-state index is 0.205. The van der Waals surface area contributed by atoms with Gasteiger partial charge in [-0.1, -0.05) is 24.3 Å². The molecule has 1 aromatic carbocycles. The summed E-state index contributed by atoms with van der Waals surface area (Å²) in [7, 11) is 0. The molecule has 0 aliphatic carbocycles. The fraction of sp³-hybridized carbons (Fsp3) is 0.286. The predicted octanol–water partition coefficient (Wildman–Crippen LogP) is 3.11. The molecular weight excluding hydrogens is 228 g/mol. The third kappa shape index (κ3) is 2.75. The van der Waals surface area contributed by atoms with Crippen molar-refractivity contribution in [2.24, 2.45) is 5.84 Å². The Morgan fingerprint density at radius 2 is 1.94 bits per heavy atom. The second kappa shape index (κ2) is 5.45. The summed E-state index contributed by atoms with van der Waals surface area (Å²) in [6.45, 7) is 4.28. The van der Waals surface area contributed by atoms with Crippen LogP contribution in [0.4, 0.5) is 0 Å². The zero-order valence-corrected chi connectivity index (χ0v) is 11.1. The van der Waals surface area contributed by atoms with Crippen molar-refractivity contribution >= 4 is 11.3 Å². The van der Waals surface area contributed by atoms with Crippen molar-refractivity contribution < 1.29 is 0 Å². The van der Waals surface area contributed by atoms with Gasteiger partial charge in [0.25, 0.3) is 0 Å². The first-order valence-electron chi connectivity index (χ1n) is 5.77. The van der Waals surface area contributed by atoms with Crippen LogP contribution in [0.2, 0.25) is 0 Å². The third-order valence-electron chi connectivity index (χ3n) is 3.10. The van der Waals surface area contributed by atoms with E-state index in [4.69, 9.17) is 5.84 Å². The largest absolute Gasteiger partial charge is 0.271 e. The smallest absolute Gasteiger partial charge is 0.0596 e. The van der Waals surface area contributed by atoms with Crippen molar-refractivity contribution in [1.82, 2.24) is 5.43 Å². The number of benzene rings is 1. The molecule has 1 unspecified atom stereocenters. The molecule has 0 fully saturated rings. The first kappa shape index (κ1) is 12.3. The summed E-state index contributed by atoms with van der Waals surface area (Å²) in [4.78, 5) is 1.33. The van der Waals surface area contributed by atoms with E-state index >= 15 is 0 Å². The molecule has 3 heteroatoms. The van der Waals surface area contributed by atoms with Gasteiger partial charge in [0.2, 0.25) is 0 Å². The van der Waals surface area contributed by atoms with E-state index in [1.807, 2.05) is 0 Å². The summed E-state index contributed by atoms with van der Waals surface area (Å²) in [6.07, 6.45) is 0.935. The summed E-state index contributed by atoms with van der Waals surface area (Å²) >= 11 is 1.76. The van der Waals surface area contributed by atoms with Gasteiger partial charge in [0.1, 0.15) is 0 Å². The Balaban J connectivity index is 2.22. The Bertz CT molecular complexity index is 490. The number of rotatable bonds is 4. The lowest BCUT2D eigenvalue weighted by Gasteiger charge is -2.17. The van der Waals surface area contributed by atoms with E-state index in [-0.39, 0.29) is 6.04 Å². The van der Waals surface area contributed by atoms with E-state index in [1.165, 1.54) is 21.6 Å². The highest BCUT2D eigenvalue weighted by Crippen LogP contribution is 2.27. The maximum absolute atomic E-state index is 5.69. The summed E-state index contributed by atoms with van der Waals surface area (Å²) in [6, 6.07) is 10.8. The molecule has 0 radical (unpaired) electrons. The summed E-state index contributed by atoms with van der Waals surface area (Å²) in [5, 5.41) is 2.12. The number of hydrazine groups is 1. The maximum Gasteiger partial charge on any atom is 0.0596 e. The van der Waals surface area contributed by atoms with E-state index < -0.39 is 0 Å². The van der Waals surface area contributed by atoms with E-state index in [1.54, 1.807) is 11.3 Å². The van der Waals surface area contributed by atoms with Crippen LogP contribution in [0.1, 0.15) is 27.6 Å². The molecule has 2 nitrogen and oxygen atoms in total. The number of nitrogens with one attached hydrogen (secondary N) is 1. The Kier molecular flexibility index (Phi) is 3.94. The van der Waals surface area contributed by atoms with Crippen LogP contribution in [0.3, 0.4) is 0 Å².